The van der Waals surface area contributed by atoms with E-state index in [-0.39, 0.29) is 18.3 Å². The standard InChI is InChI=1S/C21H17Cl2FN4O/c1-12-19(21(29)25-11-14-4-2-3-5-17(14)24)20(28-18(27-12)8-9-26-28)13-6-7-15(22)16(23)10-13/h2-10,19-20H,11H2,1H3,(H,25,29). The van der Waals surface area contributed by atoms with Crippen molar-refractivity contribution in [1.82, 2.24) is 15.1 Å². The molecular formula is C21H17Cl2FN4O. The third-order valence-corrected chi connectivity index (χ3v) is 5.69. The molecule has 0 bridgehead atoms. The molecule has 2 aromatic carbocycles. The molecule has 8 heteroatoms. The minimum Gasteiger partial charge on any atom is -0.351 e. The number of fused-ring (bicyclic) bond motifs is 1. The fourth-order valence-corrected chi connectivity index (χ4v) is 3.83. The molecule has 1 N–H and O–H groups in total. The number of hydrogen-bond donors (Lipinski definition) is 1. The van der Waals surface area contributed by atoms with Crippen molar-refractivity contribution in [1.29, 1.82) is 0 Å². The summed E-state index contributed by atoms with van der Waals surface area (Å²) < 4.78 is 15.6. The highest BCUT2D eigenvalue weighted by Gasteiger charge is 2.38. The molecule has 5 nitrogen and oxygen atoms in total. The van der Waals surface area contributed by atoms with Gasteiger partial charge in [0.05, 0.1) is 22.3 Å². The fraction of sp³-hybridized carbons (Fsp3) is 0.190. The Bertz CT molecular complexity index is 1110. The van der Waals surface area contributed by atoms with Crippen LogP contribution in [0.25, 0.3) is 0 Å². The second-order valence-corrected chi connectivity index (χ2v) is 7.61. The lowest BCUT2D eigenvalue weighted by Gasteiger charge is -2.31. The zero-order chi connectivity index (χ0) is 20.5. The fourth-order valence-electron chi connectivity index (χ4n) is 3.53. The molecule has 3 aromatic rings. The van der Waals surface area contributed by atoms with Gasteiger partial charge in [-0.15, -0.1) is 0 Å². The molecule has 1 aromatic heterocycles. The Morgan fingerprint density at radius 1 is 1.17 bits per heavy atom. The highest BCUT2D eigenvalue weighted by Crippen LogP contribution is 2.38. The Kier molecular flexibility index (Phi) is 5.39. The molecule has 1 aliphatic heterocycles. The molecule has 148 valence electrons. The maximum absolute atomic E-state index is 13.9. The Morgan fingerprint density at radius 3 is 2.72 bits per heavy atom. The molecule has 29 heavy (non-hydrogen) atoms. The van der Waals surface area contributed by atoms with E-state index in [1.165, 1.54) is 6.07 Å². The van der Waals surface area contributed by atoms with Crippen LogP contribution in [-0.2, 0) is 11.3 Å². The predicted octanol–water partition coefficient (Wildman–Crippen LogP) is 4.96. The van der Waals surface area contributed by atoms with E-state index >= 15 is 0 Å². The van der Waals surface area contributed by atoms with Crippen molar-refractivity contribution in [3.05, 3.63) is 81.7 Å². The largest absolute Gasteiger partial charge is 0.351 e. The monoisotopic (exact) mass is 430 g/mol. The van der Waals surface area contributed by atoms with Crippen molar-refractivity contribution in [2.75, 3.05) is 0 Å². The molecule has 0 aliphatic carbocycles. The number of aliphatic imine (C=N–C) groups is 1. The van der Waals surface area contributed by atoms with E-state index in [0.29, 0.717) is 27.1 Å². The number of nitrogens with one attached hydrogen (secondary N) is 1. The third kappa shape index (κ3) is 3.78. The molecule has 2 atom stereocenters. The van der Waals surface area contributed by atoms with E-state index in [2.05, 4.69) is 15.4 Å². The molecule has 2 heterocycles. The van der Waals surface area contributed by atoms with Gasteiger partial charge in [-0.25, -0.2) is 14.1 Å². The van der Waals surface area contributed by atoms with Crippen molar-refractivity contribution in [2.24, 2.45) is 10.9 Å². The molecule has 0 radical (unpaired) electrons. The Morgan fingerprint density at radius 2 is 1.97 bits per heavy atom. The minimum atomic E-state index is -0.633. The van der Waals surface area contributed by atoms with Crippen molar-refractivity contribution in [3.63, 3.8) is 0 Å². The molecule has 1 amide bonds. The van der Waals surface area contributed by atoms with Crippen molar-refractivity contribution in [2.45, 2.75) is 19.5 Å². The van der Waals surface area contributed by atoms with E-state index in [0.717, 1.165) is 5.56 Å². The van der Waals surface area contributed by atoms with Crippen molar-refractivity contribution < 1.29 is 9.18 Å². The second kappa shape index (κ2) is 7.97. The number of nitrogens with zero attached hydrogens (tertiary/aromatic N) is 3. The SMILES string of the molecule is CC1=Nc2ccnn2C(c2ccc(Cl)c(Cl)c2)C1C(=O)NCc1ccccc1F. The van der Waals surface area contributed by atoms with Crippen LogP contribution in [0, 0.1) is 11.7 Å². The minimum absolute atomic E-state index is 0.0787. The molecular weight excluding hydrogens is 414 g/mol. The van der Waals surface area contributed by atoms with Gasteiger partial charge in [0.15, 0.2) is 5.82 Å². The summed E-state index contributed by atoms with van der Waals surface area (Å²) in [6.07, 6.45) is 1.64. The number of benzene rings is 2. The Labute approximate surface area is 177 Å². The predicted molar refractivity (Wildman–Crippen MR) is 111 cm³/mol. The third-order valence-electron chi connectivity index (χ3n) is 4.95. The topological polar surface area (TPSA) is 59.3 Å². The molecule has 0 fully saturated rings. The number of halogens is 3. The first-order chi connectivity index (χ1) is 14.0. The highest BCUT2D eigenvalue weighted by atomic mass is 35.5. The van der Waals surface area contributed by atoms with Crippen LogP contribution in [0.2, 0.25) is 10.0 Å². The second-order valence-electron chi connectivity index (χ2n) is 6.79. The summed E-state index contributed by atoms with van der Waals surface area (Å²) in [7, 11) is 0. The summed E-state index contributed by atoms with van der Waals surface area (Å²) >= 11 is 12.3. The van der Waals surface area contributed by atoms with Gasteiger partial charge in [0, 0.05) is 23.9 Å². The average Bonchev–Trinajstić information content (AvgIpc) is 3.16. The van der Waals surface area contributed by atoms with E-state index in [9.17, 15) is 9.18 Å². The number of amides is 1. The van der Waals surface area contributed by atoms with Gasteiger partial charge in [-0.2, -0.15) is 5.10 Å². The van der Waals surface area contributed by atoms with Crippen LogP contribution < -0.4 is 5.32 Å². The molecule has 0 saturated heterocycles. The van der Waals surface area contributed by atoms with Gasteiger partial charge in [0.1, 0.15) is 11.7 Å². The summed E-state index contributed by atoms with van der Waals surface area (Å²) in [6.45, 7) is 1.88. The maximum Gasteiger partial charge on any atom is 0.231 e. The lowest BCUT2D eigenvalue weighted by Crippen LogP contribution is -2.42. The lowest BCUT2D eigenvalue weighted by molar-refractivity contribution is -0.124. The van der Waals surface area contributed by atoms with Crippen LogP contribution >= 0.6 is 23.2 Å². The first-order valence-electron chi connectivity index (χ1n) is 9.00. The van der Waals surface area contributed by atoms with Crippen molar-refractivity contribution in [3.8, 4) is 0 Å². The average molecular weight is 431 g/mol. The first-order valence-corrected chi connectivity index (χ1v) is 9.76. The zero-order valence-corrected chi connectivity index (χ0v) is 17.0. The number of rotatable bonds is 4. The summed E-state index contributed by atoms with van der Waals surface area (Å²) in [4.78, 5) is 17.7. The summed E-state index contributed by atoms with van der Waals surface area (Å²) in [6, 6.07) is 12.9. The van der Waals surface area contributed by atoms with Gasteiger partial charge in [0.2, 0.25) is 5.91 Å². The van der Waals surface area contributed by atoms with E-state index in [1.807, 2.05) is 6.07 Å². The highest BCUT2D eigenvalue weighted by molar-refractivity contribution is 6.42. The van der Waals surface area contributed by atoms with E-state index in [1.54, 1.807) is 54.2 Å². The Balaban J connectivity index is 1.68. The number of hydrogen-bond acceptors (Lipinski definition) is 3. The van der Waals surface area contributed by atoms with Gasteiger partial charge in [-0.3, -0.25) is 4.79 Å². The van der Waals surface area contributed by atoms with Crippen LogP contribution in [0.5, 0.6) is 0 Å². The number of carbonyl (C=O) groups excluding carboxylic acids is 1. The normalized spacial score (nSPS) is 18.1. The van der Waals surface area contributed by atoms with Gasteiger partial charge in [-0.1, -0.05) is 47.5 Å². The number of carbonyl (C=O) groups is 1. The van der Waals surface area contributed by atoms with Crippen LogP contribution in [0.4, 0.5) is 10.2 Å². The van der Waals surface area contributed by atoms with Crippen LogP contribution in [0.3, 0.4) is 0 Å². The van der Waals surface area contributed by atoms with Crippen LogP contribution in [-0.4, -0.2) is 21.4 Å². The van der Waals surface area contributed by atoms with Crippen molar-refractivity contribution >= 4 is 40.6 Å². The summed E-state index contributed by atoms with van der Waals surface area (Å²) in [5.74, 6) is -0.618. The van der Waals surface area contributed by atoms with Crippen LogP contribution in [0.15, 0.2) is 59.7 Å². The maximum atomic E-state index is 13.9. The molecule has 2 unspecified atom stereocenters. The smallest absolute Gasteiger partial charge is 0.231 e. The zero-order valence-electron chi connectivity index (χ0n) is 15.4. The van der Waals surface area contributed by atoms with E-state index in [4.69, 9.17) is 23.2 Å². The lowest BCUT2D eigenvalue weighted by atomic mass is 9.87. The first kappa shape index (κ1) is 19.6. The summed E-state index contributed by atoms with van der Waals surface area (Å²) in [5.41, 5.74) is 1.84. The van der Waals surface area contributed by atoms with E-state index < -0.39 is 12.0 Å². The van der Waals surface area contributed by atoms with Gasteiger partial charge in [-0.05, 0) is 30.7 Å². The summed E-state index contributed by atoms with van der Waals surface area (Å²) in [5, 5.41) is 8.01. The molecule has 4 rings (SSSR count). The molecule has 1 aliphatic rings. The quantitative estimate of drug-likeness (QED) is 0.635. The van der Waals surface area contributed by atoms with Gasteiger partial charge in [0.25, 0.3) is 0 Å². The number of aromatic nitrogens is 2. The van der Waals surface area contributed by atoms with Gasteiger partial charge < -0.3 is 5.32 Å². The van der Waals surface area contributed by atoms with Crippen LogP contribution in [0.1, 0.15) is 24.1 Å². The van der Waals surface area contributed by atoms with Gasteiger partial charge >= 0.3 is 0 Å². The molecule has 0 saturated carbocycles. The Hall–Kier alpha value is -2.70. The molecule has 0 spiro atoms.